The molecule has 2 fully saturated rings. The zero-order valence-corrected chi connectivity index (χ0v) is 17.5. The van der Waals surface area contributed by atoms with Gasteiger partial charge in [-0.3, -0.25) is 4.90 Å². The van der Waals surface area contributed by atoms with E-state index in [2.05, 4.69) is 16.8 Å². The first-order valence-electron chi connectivity index (χ1n) is 10.2. The van der Waals surface area contributed by atoms with Crippen molar-refractivity contribution in [1.29, 1.82) is 0 Å². The number of ether oxygens (including phenoxy) is 1. The van der Waals surface area contributed by atoms with Gasteiger partial charge in [0, 0.05) is 36.7 Å². The number of morpholine rings is 1. The Bertz CT molecular complexity index is 835. The number of oxazole rings is 1. The van der Waals surface area contributed by atoms with E-state index in [0.29, 0.717) is 25.7 Å². The van der Waals surface area contributed by atoms with Crippen molar-refractivity contribution in [1.82, 2.24) is 9.88 Å². The molecule has 2 aliphatic heterocycles. The summed E-state index contributed by atoms with van der Waals surface area (Å²) in [6.07, 6.45) is -1.04. The number of rotatable bonds is 4. The van der Waals surface area contributed by atoms with Gasteiger partial charge in [-0.15, -0.1) is 0 Å². The van der Waals surface area contributed by atoms with Gasteiger partial charge in [-0.2, -0.15) is 13.2 Å². The summed E-state index contributed by atoms with van der Waals surface area (Å²) in [4.78, 5) is 8.13. The summed E-state index contributed by atoms with van der Waals surface area (Å²) in [6, 6.07) is 8.55. The van der Waals surface area contributed by atoms with E-state index in [1.165, 1.54) is 5.56 Å². The second-order valence-electron chi connectivity index (χ2n) is 8.05. The Balaban J connectivity index is 1.39. The van der Waals surface area contributed by atoms with Crippen LogP contribution < -0.4 is 4.90 Å². The number of halogens is 4. The predicted molar refractivity (Wildman–Crippen MR) is 108 cm³/mol. The lowest BCUT2D eigenvalue weighted by Gasteiger charge is -2.46. The van der Waals surface area contributed by atoms with Gasteiger partial charge in [0.2, 0.25) is 5.76 Å². The number of aromatic nitrogens is 1. The van der Waals surface area contributed by atoms with Gasteiger partial charge in [-0.25, -0.2) is 4.98 Å². The fraction of sp³-hybridized carbons (Fsp3) is 0.571. The number of hydrogen-bond acceptors (Lipinski definition) is 5. The molecule has 0 aliphatic carbocycles. The molecule has 4 rings (SSSR count). The molecule has 0 N–H and O–H groups in total. The Labute approximate surface area is 178 Å². The quantitative estimate of drug-likeness (QED) is 0.688. The number of anilines is 1. The number of benzene rings is 1. The molecule has 164 valence electrons. The molecule has 2 atom stereocenters. The van der Waals surface area contributed by atoms with Crippen molar-refractivity contribution in [2.45, 2.75) is 50.6 Å². The second kappa shape index (κ2) is 8.77. The molecule has 5 nitrogen and oxygen atoms in total. The van der Waals surface area contributed by atoms with E-state index in [0.717, 1.165) is 37.0 Å². The first kappa shape index (κ1) is 21.5. The third kappa shape index (κ3) is 4.92. The monoisotopic (exact) mass is 443 g/mol. The topological polar surface area (TPSA) is 41.7 Å². The van der Waals surface area contributed by atoms with E-state index in [9.17, 15) is 13.2 Å². The smallest absolute Gasteiger partial charge is 0.419 e. The van der Waals surface area contributed by atoms with Crippen molar-refractivity contribution >= 4 is 17.6 Å². The largest absolute Gasteiger partial charge is 0.451 e. The average Bonchev–Trinajstić information content (AvgIpc) is 3.22. The molecule has 2 saturated heterocycles. The van der Waals surface area contributed by atoms with Gasteiger partial charge >= 0.3 is 6.18 Å². The molecular formula is C21H25ClF3N3O2. The van der Waals surface area contributed by atoms with Gasteiger partial charge in [-0.05, 0) is 43.9 Å². The minimum absolute atomic E-state index is 0.0498. The molecule has 30 heavy (non-hydrogen) atoms. The fourth-order valence-corrected chi connectivity index (χ4v) is 4.44. The minimum Gasteiger partial charge on any atom is -0.419 e. The van der Waals surface area contributed by atoms with Crippen molar-refractivity contribution < 1.29 is 22.3 Å². The Morgan fingerprint density at radius 2 is 1.87 bits per heavy atom. The standard InChI is InChI=1S/C21H25ClF3N3O2/c1-14-12-28(18(13-29-14)10-15-2-4-16(22)5-3-15)17-6-8-27(9-7-17)20-26-11-19(30-20)21(23,24)25/h2-5,11,14,17-18H,6-10,12-13H2,1H3/t14-,18-/m0/s1. The zero-order valence-electron chi connectivity index (χ0n) is 16.7. The summed E-state index contributed by atoms with van der Waals surface area (Å²) in [7, 11) is 0. The summed E-state index contributed by atoms with van der Waals surface area (Å²) in [5, 5.41) is 0.719. The number of hydrogen-bond donors (Lipinski definition) is 0. The van der Waals surface area contributed by atoms with Crippen molar-refractivity contribution in [3.63, 3.8) is 0 Å². The lowest BCUT2D eigenvalue weighted by molar-refractivity contribution is -0.152. The molecule has 0 amide bonds. The highest BCUT2D eigenvalue weighted by atomic mass is 35.5. The van der Waals surface area contributed by atoms with E-state index in [-0.39, 0.29) is 18.2 Å². The molecule has 3 heterocycles. The van der Waals surface area contributed by atoms with E-state index in [1.54, 1.807) is 4.90 Å². The van der Waals surface area contributed by atoms with Crippen molar-refractivity contribution in [2.24, 2.45) is 0 Å². The molecule has 0 unspecified atom stereocenters. The average molecular weight is 444 g/mol. The normalized spacial score (nSPS) is 24.4. The lowest BCUT2D eigenvalue weighted by atomic mass is 9.96. The van der Waals surface area contributed by atoms with Crippen LogP contribution in [0.2, 0.25) is 5.02 Å². The van der Waals surface area contributed by atoms with E-state index < -0.39 is 11.9 Å². The van der Waals surface area contributed by atoms with Gasteiger partial charge in [0.15, 0.2) is 0 Å². The maximum Gasteiger partial charge on any atom is 0.451 e. The lowest BCUT2D eigenvalue weighted by Crippen LogP contribution is -2.56. The SMILES string of the molecule is C[C@H]1CN(C2CCN(c3ncc(C(F)(F)F)o3)CC2)[C@@H](Cc2ccc(Cl)cc2)CO1. The highest BCUT2D eigenvalue weighted by Gasteiger charge is 2.38. The van der Waals surface area contributed by atoms with E-state index in [4.69, 9.17) is 20.8 Å². The molecule has 1 aromatic carbocycles. The van der Waals surface area contributed by atoms with Crippen LogP contribution in [0, 0.1) is 0 Å². The van der Waals surface area contributed by atoms with Gasteiger partial charge in [0.1, 0.15) is 0 Å². The molecule has 2 aromatic rings. The Hall–Kier alpha value is -1.77. The van der Waals surface area contributed by atoms with Gasteiger partial charge in [-0.1, -0.05) is 23.7 Å². The van der Waals surface area contributed by atoms with E-state index >= 15 is 0 Å². The molecule has 2 aliphatic rings. The fourth-order valence-electron chi connectivity index (χ4n) is 4.32. The molecule has 0 saturated carbocycles. The predicted octanol–water partition coefficient (Wildman–Crippen LogP) is 4.65. The first-order chi connectivity index (χ1) is 14.3. The highest BCUT2D eigenvalue weighted by molar-refractivity contribution is 6.30. The summed E-state index contributed by atoms with van der Waals surface area (Å²) in [5.74, 6) is -1.05. The molecule has 0 radical (unpaired) electrons. The highest BCUT2D eigenvalue weighted by Crippen LogP contribution is 2.33. The van der Waals surface area contributed by atoms with Crippen LogP contribution in [0.25, 0.3) is 0 Å². The molecule has 9 heteroatoms. The maximum absolute atomic E-state index is 12.8. The van der Waals surface area contributed by atoms with Crippen molar-refractivity contribution in [2.75, 3.05) is 31.1 Å². The Kier molecular flexibility index (Phi) is 6.27. The van der Waals surface area contributed by atoms with Crippen LogP contribution in [-0.2, 0) is 17.3 Å². The van der Waals surface area contributed by atoms with Gasteiger partial charge < -0.3 is 14.1 Å². The third-order valence-electron chi connectivity index (χ3n) is 5.87. The molecule has 1 aromatic heterocycles. The van der Waals surface area contributed by atoms with Crippen LogP contribution in [0.4, 0.5) is 19.2 Å². The van der Waals surface area contributed by atoms with Crippen LogP contribution in [0.15, 0.2) is 34.9 Å². The molecule has 0 spiro atoms. The summed E-state index contributed by atoms with van der Waals surface area (Å²) in [5.41, 5.74) is 1.21. The Morgan fingerprint density at radius 1 is 1.17 bits per heavy atom. The third-order valence-corrected chi connectivity index (χ3v) is 6.12. The number of piperidine rings is 1. The van der Waals surface area contributed by atoms with Crippen molar-refractivity contribution in [3.05, 3.63) is 46.8 Å². The zero-order chi connectivity index (χ0) is 21.3. The number of nitrogens with zero attached hydrogens (tertiary/aromatic N) is 3. The maximum atomic E-state index is 12.8. The summed E-state index contributed by atoms with van der Waals surface area (Å²) >= 11 is 6.00. The van der Waals surface area contributed by atoms with Crippen LogP contribution in [0.1, 0.15) is 31.1 Å². The second-order valence-corrected chi connectivity index (χ2v) is 8.48. The first-order valence-corrected chi connectivity index (χ1v) is 10.6. The van der Waals surface area contributed by atoms with Crippen LogP contribution in [0.3, 0.4) is 0 Å². The van der Waals surface area contributed by atoms with Gasteiger partial charge in [0.25, 0.3) is 6.01 Å². The van der Waals surface area contributed by atoms with Crippen LogP contribution >= 0.6 is 11.6 Å². The Morgan fingerprint density at radius 3 is 2.50 bits per heavy atom. The molecule has 0 bridgehead atoms. The summed E-state index contributed by atoms with van der Waals surface area (Å²) < 4.78 is 49.2. The number of alkyl halides is 3. The van der Waals surface area contributed by atoms with Crippen LogP contribution in [0.5, 0.6) is 0 Å². The minimum atomic E-state index is -4.51. The van der Waals surface area contributed by atoms with E-state index in [1.807, 2.05) is 24.3 Å². The van der Waals surface area contributed by atoms with Crippen LogP contribution in [-0.4, -0.2) is 54.3 Å². The van der Waals surface area contributed by atoms with Gasteiger partial charge in [0.05, 0.1) is 18.9 Å². The molecular weight excluding hydrogens is 419 g/mol. The van der Waals surface area contributed by atoms with Crippen molar-refractivity contribution in [3.8, 4) is 0 Å². The summed E-state index contributed by atoms with van der Waals surface area (Å²) in [6.45, 7) is 4.81.